The van der Waals surface area contributed by atoms with Gasteiger partial charge in [0, 0.05) is 47.2 Å². The van der Waals surface area contributed by atoms with Crippen molar-refractivity contribution in [3.63, 3.8) is 0 Å². The first-order valence-electron chi connectivity index (χ1n) is 18.6. The normalized spacial score (nSPS) is 12.5. The van der Waals surface area contributed by atoms with Gasteiger partial charge in [0.2, 0.25) is 0 Å². The molecule has 0 aliphatic carbocycles. The van der Waals surface area contributed by atoms with Crippen molar-refractivity contribution in [1.29, 1.82) is 0 Å². The first-order valence-corrected chi connectivity index (χ1v) is 18.6. The van der Waals surface area contributed by atoms with E-state index in [0.29, 0.717) is 11.5 Å². The van der Waals surface area contributed by atoms with Crippen LogP contribution < -0.4 is 9.47 Å². The summed E-state index contributed by atoms with van der Waals surface area (Å²) in [5.74, 6) is 0.578. The van der Waals surface area contributed by atoms with Crippen molar-refractivity contribution in [2.24, 2.45) is 0 Å². The topological polar surface area (TPSA) is 68.4 Å². The van der Waals surface area contributed by atoms with Crippen LogP contribution in [-0.4, -0.2) is 16.9 Å². The summed E-state index contributed by atoms with van der Waals surface area (Å²) in [5, 5.41) is 0. The van der Waals surface area contributed by atoms with Gasteiger partial charge in [0.05, 0.1) is 11.4 Å². The van der Waals surface area contributed by atoms with E-state index in [1.807, 2.05) is 12.1 Å². The summed E-state index contributed by atoms with van der Waals surface area (Å²) in [5.41, 5.74) is 10.7. The molecule has 0 unspecified atom stereocenters. The molecule has 0 atom stereocenters. The van der Waals surface area contributed by atoms with Gasteiger partial charge in [-0.15, -0.1) is 0 Å². The lowest BCUT2D eigenvalue weighted by molar-refractivity contribution is -0.133. The van der Waals surface area contributed by atoms with Gasteiger partial charge >= 0.3 is 11.9 Å². The molecular formula is C48H57NO4. The number of aromatic nitrogens is 1. The molecule has 5 rings (SSSR count). The first kappa shape index (κ1) is 39.3. The maximum atomic E-state index is 12.6. The zero-order chi connectivity index (χ0) is 39.3. The smallest absolute Gasteiger partial charge is 0.308 e. The fourth-order valence-corrected chi connectivity index (χ4v) is 7.00. The number of rotatable bonds is 6. The third-order valence-corrected chi connectivity index (χ3v) is 9.60. The summed E-state index contributed by atoms with van der Waals surface area (Å²) in [4.78, 5) is 29.1. The number of ether oxygens (including phenoxy) is 2. The Labute approximate surface area is 317 Å². The van der Waals surface area contributed by atoms with Crippen molar-refractivity contribution in [1.82, 2.24) is 4.98 Å². The van der Waals surface area contributed by atoms with Crippen molar-refractivity contribution in [3.8, 4) is 56.3 Å². The molecule has 0 bridgehead atoms. The maximum absolute atomic E-state index is 12.6. The van der Waals surface area contributed by atoms with Gasteiger partial charge in [-0.05, 0) is 68.2 Å². The van der Waals surface area contributed by atoms with E-state index < -0.39 is 0 Å². The molecule has 53 heavy (non-hydrogen) atoms. The van der Waals surface area contributed by atoms with Crippen molar-refractivity contribution in [2.45, 2.75) is 119 Å². The molecule has 4 aromatic carbocycles. The van der Waals surface area contributed by atoms with Gasteiger partial charge in [0.1, 0.15) is 11.5 Å². The highest BCUT2D eigenvalue weighted by atomic mass is 16.5. The van der Waals surface area contributed by atoms with Crippen LogP contribution in [0.5, 0.6) is 11.5 Å². The molecule has 1 aromatic heterocycles. The number of aromatic amines is 1. The van der Waals surface area contributed by atoms with Crippen LogP contribution in [0.2, 0.25) is 0 Å². The molecule has 0 saturated carbocycles. The minimum atomic E-state index is -0.339. The molecular weight excluding hydrogens is 655 g/mol. The quantitative estimate of drug-likeness (QED) is 0.141. The maximum Gasteiger partial charge on any atom is 0.308 e. The van der Waals surface area contributed by atoms with Crippen molar-refractivity contribution in [2.75, 3.05) is 0 Å². The number of nitrogens with one attached hydrogen (secondary N) is 1. The Morgan fingerprint density at radius 1 is 0.434 bits per heavy atom. The summed E-state index contributed by atoms with van der Waals surface area (Å²) in [7, 11) is 0. The molecule has 1 heterocycles. The molecule has 0 aliphatic rings. The van der Waals surface area contributed by atoms with Gasteiger partial charge in [0.15, 0.2) is 0 Å². The second-order valence-corrected chi connectivity index (χ2v) is 18.3. The molecule has 5 nitrogen and oxygen atoms in total. The summed E-state index contributed by atoms with van der Waals surface area (Å²) in [6.07, 6.45) is 0. The Hall–Kier alpha value is -4.90. The third kappa shape index (κ3) is 8.35. The lowest BCUT2D eigenvalue weighted by Crippen LogP contribution is -2.21. The van der Waals surface area contributed by atoms with E-state index in [2.05, 4.69) is 161 Å². The molecule has 0 saturated heterocycles. The van der Waals surface area contributed by atoms with Gasteiger partial charge < -0.3 is 14.5 Å². The fourth-order valence-electron chi connectivity index (χ4n) is 7.00. The summed E-state index contributed by atoms with van der Waals surface area (Å²) >= 11 is 0. The minimum Gasteiger partial charge on any atom is -0.426 e. The highest BCUT2D eigenvalue weighted by Gasteiger charge is 2.33. The van der Waals surface area contributed by atoms with E-state index in [0.717, 1.165) is 67.0 Å². The second-order valence-electron chi connectivity index (χ2n) is 18.3. The Bertz CT molecular complexity index is 1920. The lowest BCUT2D eigenvalue weighted by atomic mass is 9.77. The van der Waals surface area contributed by atoms with Crippen LogP contribution in [0.3, 0.4) is 0 Å². The Balaban J connectivity index is 2.03. The van der Waals surface area contributed by atoms with E-state index >= 15 is 0 Å². The van der Waals surface area contributed by atoms with Gasteiger partial charge in [-0.2, -0.15) is 0 Å². The number of carbonyl (C=O) groups excluding carboxylic acids is 2. The standard InChI is InChI=1S/C48H57NO4/c1-29(50)52-43-35(45(3,4)5)25-33(26-36(43)46(6,7)8)41-39(31-21-17-15-18-22-31)40(32-23-19-16-20-24-32)42(49-41)34-27-37(47(9,10)11)44(53-30(2)51)38(28-34)48(12,13)14/h15-28,49H,1-14H3. The molecule has 5 aromatic rings. The highest BCUT2D eigenvalue weighted by molar-refractivity contribution is 6.01. The highest BCUT2D eigenvalue weighted by Crippen LogP contribution is 2.51. The zero-order valence-corrected chi connectivity index (χ0v) is 34.2. The molecule has 0 fully saturated rings. The molecule has 0 radical (unpaired) electrons. The van der Waals surface area contributed by atoms with E-state index in [1.54, 1.807) is 0 Å². The average molecular weight is 712 g/mol. The van der Waals surface area contributed by atoms with Crippen molar-refractivity contribution in [3.05, 3.63) is 107 Å². The number of esters is 2. The average Bonchev–Trinajstić information content (AvgIpc) is 3.44. The third-order valence-electron chi connectivity index (χ3n) is 9.60. The Morgan fingerprint density at radius 2 is 0.698 bits per heavy atom. The SMILES string of the molecule is CC(=O)Oc1c(C(C)(C)C)cc(-c2[nH]c(-c3cc(C(C)(C)C)c(OC(C)=O)c(C(C)(C)C)c3)c(-c3ccccc3)c2-c2ccccc2)cc1C(C)(C)C. The zero-order valence-electron chi connectivity index (χ0n) is 34.2. The predicted molar refractivity (Wildman–Crippen MR) is 220 cm³/mol. The van der Waals surface area contributed by atoms with E-state index in [1.165, 1.54) is 13.8 Å². The monoisotopic (exact) mass is 711 g/mol. The Morgan fingerprint density at radius 3 is 0.925 bits per heavy atom. The number of carbonyl (C=O) groups is 2. The molecule has 0 aliphatic heterocycles. The van der Waals surface area contributed by atoms with Crippen LogP contribution in [0, 0.1) is 0 Å². The summed E-state index contributed by atoms with van der Waals surface area (Å²) < 4.78 is 12.1. The van der Waals surface area contributed by atoms with Crippen LogP contribution in [-0.2, 0) is 31.2 Å². The minimum absolute atomic E-state index is 0.332. The van der Waals surface area contributed by atoms with E-state index in [-0.39, 0.29) is 33.6 Å². The van der Waals surface area contributed by atoms with Gasteiger partial charge in [0.25, 0.3) is 0 Å². The van der Waals surface area contributed by atoms with E-state index in [9.17, 15) is 9.59 Å². The number of H-pyrrole nitrogens is 1. The summed E-state index contributed by atoms with van der Waals surface area (Å²) in [6, 6.07) is 29.8. The van der Waals surface area contributed by atoms with Gasteiger partial charge in [-0.1, -0.05) is 144 Å². The molecule has 1 N–H and O–H groups in total. The second kappa shape index (κ2) is 14.2. The van der Waals surface area contributed by atoms with Crippen LogP contribution >= 0.6 is 0 Å². The lowest BCUT2D eigenvalue weighted by Gasteiger charge is -2.30. The molecule has 0 amide bonds. The van der Waals surface area contributed by atoms with E-state index in [4.69, 9.17) is 9.47 Å². The first-order chi connectivity index (χ1) is 24.5. The fraction of sp³-hybridized carbons (Fsp3) is 0.375. The number of hydrogen-bond donors (Lipinski definition) is 1. The van der Waals surface area contributed by atoms with Crippen LogP contribution in [0.1, 0.15) is 119 Å². The Kier molecular flexibility index (Phi) is 10.5. The number of benzene rings is 4. The largest absolute Gasteiger partial charge is 0.426 e. The van der Waals surface area contributed by atoms with Gasteiger partial charge in [-0.3, -0.25) is 9.59 Å². The summed E-state index contributed by atoms with van der Waals surface area (Å²) in [6.45, 7) is 28.8. The van der Waals surface area contributed by atoms with Crippen LogP contribution in [0.4, 0.5) is 0 Å². The van der Waals surface area contributed by atoms with Crippen LogP contribution in [0.25, 0.3) is 44.8 Å². The number of hydrogen-bond acceptors (Lipinski definition) is 4. The van der Waals surface area contributed by atoms with Crippen molar-refractivity contribution < 1.29 is 19.1 Å². The molecule has 5 heteroatoms. The van der Waals surface area contributed by atoms with Gasteiger partial charge in [-0.25, -0.2) is 0 Å². The van der Waals surface area contributed by atoms with Crippen LogP contribution in [0.15, 0.2) is 84.9 Å². The molecule has 0 spiro atoms. The predicted octanol–water partition coefficient (Wildman–Crippen LogP) is 12.7. The van der Waals surface area contributed by atoms with Crippen molar-refractivity contribution >= 4 is 11.9 Å². The molecule has 278 valence electrons.